The Morgan fingerprint density at radius 1 is 1.50 bits per heavy atom. The first-order chi connectivity index (χ1) is 9.72. The fourth-order valence-electron chi connectivity index (χ4n) is 1.95. The number of carbonyl (C=O) groups is 1. The molecular formula is C13H15N5O2. The molecule has 1 aliphatic carbocycles. The molecule has 0 aliphatic heterocycles. The Kier molecular flexibility index (Phi) is 3.32. The Balaban J connectivity index is 1.63. The van der Waals surface area contributed by atoms with Gasteiger partial charge in [0.2, 0.25) is 0 Å². The van der Waals surface area contributed by atoms with E-state index in [0.717, 1.165) is 12.8 Å². The molecule has 2 N–H and O–H groups in total. The highest BCUT2D eigenvalue weighted by Crippen LogP contribution is 2.37. The second-order valence-corrected chi connectivity index (χ2v) is 4.85. The number of carbonyl (C=O) groups excluding carboxylic acids is 1. The van der Waals surface area contributed by atoms with Gasteiger partial charge in [0, 0.05) is 37.5 Å². The van der Waals surface area contributed by atoms with Crippen LogP contribution in [0, 0.1) is 0 Å². The summed E-state index contributed by atoms with van der Waals surface area (Å²) in [4.78, 5) is 34.3. The van der Waals surface area contributed by atoms with Crippen molar-refractivity contribution in [1.82, 2.24) is 24.8 Å². The smallest absolute Gasteiger partial charge is 0.270 e. The molecule has 104 valence electrons. The molecule has 7 nitrogen and oxygen atoms in total. The minimum absolute atomic E-state index is 0.182. The standard InChI is InChI=1S/C13H15N5O2/c19-11-7-10(16-12(17-11)9-1-2-9)13(20)15-4-6-18-5-3-14-8-18/h3,5,7-9H,1-2,4,6H2,(H,15,20)(H,16,17,19). The zero-order chi connectivity index (χ0) is 13.9. The highest BCUT2D eigenvalue weighted by Gasteiger charge is 2.27. The second-order valence-electron chi connectivity index (χ2n) is 4.85. The van der Waals surface area contributed by atoms with Crippen molar-refractivity contribution in [1.29, 1.82) is 0 Å². The predicted octanol–water partition coefficient (Wildman–Crippen LogP) is 0.274. The molecule has 2 aromatic rings. The highest BCUT2D eigenvalue weighted by atomic mass is 16.2. The maximum Gasteiger partial charge on any atom is 0.270 e. The lowest BCUT2D eigenvalue weighted by molar-refractivity contribution is 0.0946. The van der Waals surface area contributed by atoms with E-state index >= 15 is 0 Å². The molecule has 0 aromatic carbocycles. The summed E-state index contributed by atoms with van der Waals surface area (Å²) in [6.45, 7) is 1.09. The number of H-pyrrole nitrogens is 1. The third kappa shape index (κ3) is 2.93. The van der Waals surface area contributed by atoms with E-state index in [-0.39, 0.29) is 17.2 Å². The Labute approximate surface area is 115 Å². The minimum atomic E-state index is -0.321. The fourth-order valence-corrected chi connectivity index (χ4v) is 1.95. The van der Waals surface area contributed by atoms with Crippen molar-refractivity contribution in [3.63, 3.8) is 0 Å². The van der Waals surface area contributed by atoms with Crippen molar-refractivity contribution in [3.05, 3.63) is 46.7 Å². The van der Waals surface area contributed by atoms with Gasteiger partial charge < -0.3 is 14.9 Å². The van der Waals surface area contributed by atoms with Gasteiger partial charge in [-0.05, 0) is 12.8 Å². The summed E-state index contributed by atoms with van der Waals surface area (Å²) < 4.78 is 1.86. The van der Waals surface area contributed by atoms with Crippen LogP contribution >= 0.6 is 0 Å². The van der Waals surface area contributed by atoms with Crippen molar-refractivity contribution in [2.75, 3.05) is 6.54 Å². The number of nitrogens with one attached hydrogen (secondary N) is 2. The van der Waals surface area contributed by atoms with E-state index in [9.17, 15) is 9.59 Å². The summed E-state index contributed by atoms with van der Waals surface area (Å²) in [6.07, 6.45) is 7.23. The van der Waals surface area contributed by atoms with Crippen LogP contribution in [0.1, 0.15) is 35.1 Å². The predicted molar refractivity (Wildman–Crippen MR) is 71.4 cm³/mol. The highest BCUT2D eigenvalue weighted by molar-refractivity contribution is 5.92. The lowest BCUT2D eigenvalue weighted by Crippen LogP contribution is -2.29. The molecule has 1 amide bonds. The number of aromatic nitrogens is 4. The molecule has 0 atom stereocenters. The molecule has 2 heterocycles. The van der Waals surface area contributed by atoms with Crippen LogP contribution in [0.3, 0.4) is 0 Å². The summed E-state index contributed by atoms with van der Waals surface area (Å²) in [7, 11) is 0. The van der Waals surface area contributed by atoms with Crippen LogP contribution in [0.15, 0.2) is 29.6 Å². The van der Waals surface area contributed by atoms with Crippen LogP contribution in [-0.4, -0.2) is 32.0 Å². The zero-order valence-corrected chi connectivity index (χ0v) is 10.9. The first-order valence-electron chi connectivity index (χ1n) is 6.57. The summed E-state index contributed by atoms with van der Waals surface area (Å²) in [5, 5.41) is 2.75. The maximum atomic E-state index is 12.0. The molecule has 0 radical (unpaired) electrons. The van der Waals surface area contributed by atoms with E-state index in [0.29, 0.717) is 24.8 Å². The molecule has 1 aliphatic rings. The zero-order valence-electron chi connectivity index (χ0n) is 10.9. The van der Waals surface area contributed by atoms with E-state index in [1.165, 1.54) is 6.07 Å². The summed E-state index contributed by atoms with van der Waals surface area (Å²) in [5.74, 6) is 0.608. The lowest BCUT2D eigenvalue weighted by Gasteiger charge is -2.06. The third-order valence-electron chi connectivity index (χ3n) is 3.17. The van der Waals surface area contributed by atoms with Gasteiger partial charge in [0.1, 0.15) is 11.5 Å². The summed E-state index contributed by atoms with van der Waals surface area (Å²) in [5.41, 5.74) is -0.0945. The molecule has 2 aromatic heterocycles. The Morgan fingerprint density at radius 3 is 3.05 bits per heavy atom. The molecule has 20 heavy (non-hydrogen) atoms. The Morgan fingerprint density at radius 2 is 2.35 bits per heavy atom. The van der Waals surface area contributed by atoms with Crippen LogP contribution in [0.25, 0.3) is 0 Å². The minimum Gasteiger partial charge on any atom is -0.349 e. The van der Waals surface area contributed by atoms with Crippen LogP contribution in [-0.2, 0) is 6.54 Å². The molecule has 7 heteroatoms. The van der Waals surface area contributed by atoms with Crippen LogP contribution in [0.4, 0.5) is 0 Å². The summed E-state index contributed by atoms with van der Waals surface area (Å²) >= 11 is 0. The van der Waals surface area contributed by atoms with Crippen LogP contribution in [0.5, 0.6) is 0 Å². The van der Waals surface area contributed by atoms with Gasteiger partial charge in [-0.1, -0.05) is 0 Å². The molecule has 1 saturated carbocycles. The largest absolute Gasteiger partial charge is 0.349 e. The van der Waals surface area contributed by atoms with Crippen molar-refractivity contribution in [2.24, 2.45) is 0 Å². The molecule has 0 bridgehead atoms. The average molecular weight is 273 g/mol. The molecule has 0 saturated heterocycles. The monoisotopic (exact) mass is 273 g/mol. The van der Waals surface area contributed by atoms with Crippen molar-refractivity contribution in [2.45, 2.75) is 25.3 Å². The maximum absolute atomic E-state index is 12.0. The van der Waals surface area contributed by atoms with E-state index < -0.39 is 0 Å². The van der Waals surface area contributed by atoms with Gasteiger partial charge in [0.25, 0.3) is 11.5 Å². The number of imidazole rings is 1. The molecule has 0 spiro atoms. The Hall–Kier alpha value is -2.44. The molecule has 0 unspecified atom stereocenters. The van der Waals surface area contributed by atoms with E-state index in [1.807, 2.05) is 10.8 Å². The topological polar surface area (TPSA) is 92.7 Å². The first-order valence-corrected chi connectivity index (χ1v) is 6.57. The van der Waals surface area contributed by atoms with E-state index in [1.54, 1.807) is 12.5 Å². The van der Waals surface area contributed by atoms with Gasteiger partial charge in [-0.25, -0.2) is 9.97 Å². The molecule has 1 fully saturated rings. The van der Waals surface area contributed by atoms with Gasteiger partial charge >= 0.3 is 0 Å². The number of aromatic amines is 1. The first kappa shape index (κ1) is 12.6. The fraction of sp³-hybridized carbons (Fsp3) is 0.385. The molecular weight excluding hydrogens is 258 g/mol. The van der Waals surface area contributed by atoms with E-state index in [2.05, 4.69) is 20.3 Å². The molecule has 3 rings (SSSR count). The van der Waals surface area contributed by atoms with Gasteiger partial charge in [0.05, 0.1) is 6.33 Å². The van der Waals surface area contributed by atoms with Gasteiger partial charge in [-0.2, -0.15) is 0 Å². The van der Waals surface area contributed by atoms with Gasteiger partial charge in [0.15, 0.2) is 0 Å². The third-order valence-corrected chi connectivity index (χ3v) is 3.17. The number of rotatable bonds is 5. The van der Waals surface area contributed by atoms with Crippen molar-refractivity contribution < 1.29 is 4.79 Å². The average Bonchev–Trinajstić information content (AvgIpc) is 3.16. The number of hydrogen-bond donors (Lipinski definition) is 2. The normalized spacial score (nSPS) is 14.2. The van der Waals surface area contributed by atoms with Gasteiger partial charge in [-0.3, -0.25) is 9.59 Å². The van der Waals surface area contributed by atoms with E-state index in [4.69, 9.17) is 0 Å². The van der Waals surface area contributed by atoms with Crippen LogP contribution < -0.4 is 10.9 Å². The number of hydrogen-bond acceptors (Lipinski definition) is 4. The second kappa shape index (κ2) is 5.28. The SMILES string of the molecule is O=C(NCCn1ccnc1)c1cc(=O)[nH]c(C2CC2)n1. The van der Waals surface area contributed by atoms with Crippen molar-refractivity contribution in [3.8, 4) is 0 Å². The number of nitrogens with zero attached hydrogens (tertiary/aromatic N) is 3. The van der Waals surface area contributed by atoms with Crippen LogP contribution in [0.2, 0.25) is 0 Å². The Bertz CT molecular complexity index is 658. The number of amides is 1. The lowest BCUT2D eigenvalue weighted by atomic mass is 10.3. The van der Waals surface area contributed by atoms with Crippen molar-refractivity contribution >= 4 is 5.91 Å². The van der Waals surface area contributed by atoms with Gasteiger partial charge in [-0.15, -0.1) is 0 Å². The quantitative estimate of drug-likeness (QED) is 0.818. The summed E-state index contributed by atoms with van der Waals surface area (Å²) in [6, 6.07) is 1.23.